The summed E-state index contributed by atoms with van der Waals surface area (Å²) in [5.74, 6) is -0.749. The van der Waals surface area contributed by atoms with Gasteiger partial charge in [0.15, 0.2) is 0 Å². The third-order valence-electron chi connectivity index (χ3n) is 5.87. The van der Waals surface area contributed by atoms with Crippen molar-refractivity contribution in [3.63, 3.8) is 0 Å². The van der Waals surface area contributed by atoms with Gasteiger partial charge in [-0.15, -0.1) is 0 Å². The van der Waals surface area contributed by atoms with Gasteiger partial charge in [0.05, 0.1) is 18.8 Å². The van der Waals surface area contributed by atoms with E-state index in [1.165, 1.54) is 12.1 Å². The Morgan fingerprint density at radius 1 is 1.06 bits per heavy atom. The average Bonchev–Trinajstić information content (AvgIpc) is 3.25. The molecular weight excluding hydrogens is 455 g/mol. The highest BCUT2D eigenvalue weighted by Gasteiger charge is 2.31. The van der Waals surface area contributed by atoms with Crippen molar-refractivity contribution < 1.29 is 22.7 Å². The molecule has 0 saturated carbocycles. The fourth-order valence-corrected chi connectivity index (χ4v) is 4.23. The molecule has 35 heavy (non-hydrogen) atoms. The predicted molar refractivity (Wildman–Crippen MR) is 127 cm³/mol. The van der Waals surface area contributed by atoms with E-state index >= 15 is 0 Å². The van der Waals surface area contributed by atoms with Gasteiger partial charge in [0.2, 0.25) is 0 Å². The monoisotopic (exact) mass is 479 g/mol. The molecular formula is C27H24F3N3O2. The van der Waals surface area contributed by atoms with Crippen molar-refractivity contribution in [2.75, 3.05) is 31.6 Å². The molecule has 1 amide bonds. The molecule has 1 aliphatic carbocycles. The van der Waals surface area contributed by atoms with Gasteiger partial charge in [-0.05, 0) is 59.9 Å². The molecule has 8 heteroatoms. The van der Waals surface area contributed by atoms with E-state index in [4.69, 9.17) is 4.74 Å². The summed E-state index contributed by atoms with van der Waals surface area (Å²) in [6, 6.07) is 16.2. The maximum absolute atomic E-state index is 13.0. The molecule has 180 valence electrons. The number of anilines is 1. The van der Waals surface area contributed by atoms with Gasteiger partial charge in [0.1, 0.15) is 11.6 Å². The Labute approximate surface area is 201 Å². The molecule has 0 aromatic heterocycles. The van der Waals surface area contributed by atoms with Crippen LogP contribution in [-0.4, -0.2) is 37.1 Å². The van der Waals surface area contributed by atoms with Crippen LogP contribution in [0.3, 0.4) is 0 Å². The van der Waals surface area contributed by atoms with Crippen LogP contribution in [0.25, 0.3) is 6.08 Å². The second kappa shape index (κ2) is 10.6. The van der Waals surface area contributed by atoms with Crippen molar-refractivity contribution >= 4 is 17.7 Å². The molecule has 1 aliphatic heterocycles. The second-order valence-electron chi connectivity index (χ2n) is 8.26. The van der Waals surface area contributed by atoms with E-state index < -0.39 is 17.6 Å². The lowest BCUT2D eigenvalue weighted by Crippen LogP contribution is -2.36. The number of carbonyl (C=O) groups excluding carboxylic acids is 1. The first-order valence-electron chi connectivity index (χ1n) is 11.3. The highest BCUT2D eigenvalue weighted by atomic mass is 19.4. The summed E-state index contributed by atoms with van der Waals surface area (Å²) < 4.78 is 44.5. The second-order valence-corrected chi connectivity index (χ2v) is 8.26. The minimum Gasteiger partial charge on any atom is -0.378 e. The zero-order chi connectivity index (χ0) is 24.8. The van der Waals surface area contributed by atoms with Gasteiger partial charge in [-0.3, -0.25) is 4.79 Å². The molecule has 0 atom stereocenters. The van der Waals surface area contributed by atoms with E-state index in [1.807, 2.05) is 36.4 Å². The van der Waals surface area contributed by atoms with Crippen LogP contribution < -0.4 is 5.32 Å². The summed E-state index contributed by atoms with van der Waals surface area (Å²) in [5, 5.41) is 12.1. The molecule has 1 fully saturated rings. The SMILES string of the molecule is N#CC(=CC1=C(N2CCOCC2)C(=Cc2ccccc2)CC1)C(=O)Nc1cccc(C(F)(F)F)c1. The van der Waals surface area contributed by atoms with Crippen molar-refractivity contribution in [2.24, 2.45) is 0 Å². The molecule has 1 heterocycles. The summed E-state index contributed by atoms with van der Waals surface area (Å²) in [4.78, 5) is 15.0. The number of nitrogens with one attached hydrogen (secondary N) is 1. The molecule has 2 aromatic carbocycles. The van der Waals surface area contributed by atoms with E-state index in [0.717, 1.165) is 41.0 Å². The number of benzene rings is 2. The number of morpholine rings is 1. The molecule has 0 radical (unpaired) electrons. The first-order chi connectivity index (χ1) is 16.8. The fraction of sp³-hybridized carbons (Fsp3) is 0.259. The Kier molecular flexibility index (Phi) is 7.37. The summed E-state index contributed by atoms with van der Waals surface area (Å²) in [7, 11) is 0. The van der Waals surface area contributed by atoms with Gasteiger partial charge >= 0.3 is 6.18 Å². The van der Waals surface area contributed by atoms with Crippen LogP contribution in [0.1, 0.15) is 24.0 Å². The number of carbonyl (C=O) groups is 1. The molecule has 1 N–H and O–H groups in total. The van der Waals surface area contributed by atoms with E-state index in [2.05, 4.69) is 16.3 Å². The van der Waals surface area contributed by atoms with Gasteiger partial charge < -0.3 is 15.0 Å². The molecule has 0 spiro atoms. The lowest BCUT2D eigenvalue weighted by molar-refractivity contribution is -0.137. The van der Waals surface area contributed by atoms with Crippen LogP contribution in [0, 0.1) is 11.3 Å². The molecule has 1 saturated heterocycles. The minimum absolute atomic E-state index is 0.0237. The number of alkyl halides is 3. The number of hydrogen-bond donors (Lipinski definition) is 1. The quantitative estimate of drug-likeness (QED) is 0.451. The Hall–Kier alpha value is -3.83. The van der Waals surface area contributed by atoms with E-state index in [9.17, 15) is 23.2 Å². The smallest absolute Gasteiger partial charge is 0.378 e. The molecule has 5 nitrogen and oxygen atoms in total. The maximum Gasteiger partial charge on any atom is 0.416 e. The van der Waals surface area contributed by atoms with E-state index in [0.29, 0.717) is 32.7 Å². The number of rotatable bonds is 5. The average molecular weight is 480 g/mol. The van der Waals surface area contributed by atoms with Gasteiger partial charge in [0, 0.05) is 24.5 Å². The third kappa shape index (κ3) is 6.00. The number of amides is 1. The van der Waals surface area contributed by atoms with Crippen molar-refractivity contribution in [1.29, 1.82) is 5.26 Å². The number of nitriles is 1. The first kappa shape index (κ1) is 24.3. The number of hydrogen-bond acceptors (Lipinski definition) is 4. The van der Waals surface area contributed by atoms with Gasteiger partial charge in [-0.2, -0.15) is 18.4 Å². The van der Waals surface area contributed by atoms with Crippen molar-refractivity contribution in [3.8, 4) is 6.07 Å². The standard InChI is InChI=1S/C27H24F3N3O2/c28-27(29,30)23-7-4-8-24(17-23)32-26(34)22(18-31)16-21-10-9-20(15-19-5-2-1-3-6-19)25(21)33-11-13-35-14-12-33/h1-8,15-17H,9-14H2,(H,32,34). The number of halogens is 3. The Balaban J connectivity index is 1.65. The Bertz CT molecular complexity index is 1220. The van der Waals surface area contributed by atoms with Gasteiger partial charge in [-0.1, -0.05) is 36.4 Å². The van der Waals surface area contributed by atoms with Crippen LogP contribution in [0.4, 0.5) is 18.9 Å². The number of allylic oxidation sites excluding steroid dienone is 3. The zero-order valence-electron chi connectivity index (χ0n) is 18.9. The first-order valence-corrected chi connectivity index (χ1v) is 11.3. The Morgan fingerprint density at radius 3 is 2.49 bits per heavy atom. The number of nitrogens with zero attached hydrogens (tertiary/aromatic N) is 2. The van der Waals surface area contributed by atoms with E-state index in [1.54, 1.807) is 6.08 Å². The van der Waals surface area contributed by atoms with E-state index in [-0.39, 0.29) is 11.3 Å². The van der Waals surface area contributed by atoms with Crippen molar-refractivity contribution in [2.45, 2.75) is 19.0 Å². The van der Waals surface area contributed by atoms with Gasteiger partial charge in [-0.25, -0.2) is 0 Å². The summed E-state index contributed by atoms with van der Waals surface area (Å²) in [5.41, 5.74) is 2.94. The minimum atomic E-state index is -4.53. The highest BCUT2D eigenvalue weighted by Crippen LogP contribution is 2.37. The van der Waals surface area contributed by atoms with Crippen LogP contribution in [-0.2, 0) is 15.7 Å². The van der Waals surface area contributed by atoms with Crippen LogP contribution in [0.2, 0.25) is 0 Å². The summed E-state index contributed by atoms with van der Waals surface area (Å²) in [6.45, 7) is 2.55. The van der Waals surface area contributed by atoms with Crippen LogP contribution in [0.5, 0.6) is 0 Å². The topological polar surface area (TPSA) is 65.4 Å². The van der Waals surface area contributed by atoms with Crippen LogP contribution in [0.15, 0.2) is 83.1 Å². The highest BCUT2D eigenvalue weighted by molar-refractivity contribution is 6.07. The third-order valence-corrected chi connectivity index (χ3v) is 5.87. The lowest BCUT2D eigenvalue weighted by atomic mass is 10.1. The van der Waals surface area contributed by atoms with Crippen LogP contribution >= 0.6 is 0 Å². The molecule has 2 aliphatic rings. The molecule has 0 unspecified atom stereocenters. The molecule has 2 aromatic rings. The molecule has 4 rings (SSSR count). The Morgan fingerprint density at radius 2 is 1.80 bits per heavy atom. The predicted octanol–water partition coefficient (Wildman–Crippen LogP) is 5.56. The largest absolute Gasteiger partial charge is 0.416 e. The zero-order valence-corrected chi connectivity index (χ0v) is 18.9. The fourth-order valence-electron chi connectivity index (χ4n) is 4.23. The summed E-state index contributed by atoms with van der Waals surface area (Å²) >= 11 is 0. The molecule has 0 bridgehead atoms. The maximum atomic E-state index is 13.0. The number of ether oxygens (including phenoxy) is 1. The van der Waals surface area contributed by atoms with Gasteiger partial charge in [0.25, 0.3) is 5.91 Å². The lowest BCUT2D eigenvalue weighted by Gasteiger charge is -2.31. The summed E-state index contributed by atoms with van der Waals surface area (Å²) in [6.07, 6.45) is 0.534. The van der Waals surface area contributed by atoms with Crippen molar-refractivity contribution in [1.82, 2.24) is 4.90 Å². The van der Waals surface area contributed by atoms with Crippen molar-refractivity contribution in [3.05, 3.63) is 94.2 Å². The normalized spacial score (nSPS) is 18.1.